The minimum Gasteiger partial charge on any atom is -0.441 e. The van der Waals surface area contributed by atoms with E-state index < -0.39 is 56.4 Å². The van der Waals surface area contributed by atoms with Gasteiger partial charge in [-0.2, -0.15) is 0 Å². The van der Waals surface area contributed by atoms with E-state index in [1.165, 1.54) is 0 Å². The highest BCUT2D eigenvalue weighted by Crippen LogP contribution is 2.39. The normalized spacial score (nSPS) is 18.0. The molecule has 1 saturated heterocycles. The van der Waals surface area contributed by atoms with E-state index in [9.17, 15) is 14.7 Å². The number of aliphatic hydroxyl groups excluding tert-OH is 1. The van der Waals surface area contributed by atoms with E-state index in [1.807, 2.05) is 121 Å². The Kier molecular flexibility index (Phi) is 14.2. The van der Waals surface area contributed by atoms with Gasteiger partial charge in [0.15, 0.2) is 14.4 Å². The molecule has 1 heterocycles. The zero-order valence-corrected chi connectivity index (χ0v) is 34.2. The first kappa shape index (κ1) is 42.0. The maximum atomic E-state index is 15.0. The fourth-order valence-electron chi connectivity index (χ4n) is 6.39. The Bertz CT molecular complexity index is 1780. The largest absolute Gasteiger partial charge is 0.441 e. The summed E-state index contributed by atoms with van der Waals surface area (Å²) in [5.41, 5.74) is 2.56. The number of cyclic esters (lactones) is 1. The predicted octanol–water partition coefficient (Wildman–Crippen LogP) is 8.49. The number of hydrogen-bond acceptors (Lipinski definition) is 8. The number of benzene rings is 4. The average molecular weight is 768 g/mol. The van der Waals surface area contributed by atoms with Gasteiger partial charge in [0.2, 0.25) is 0 Å². The summed E-state index contributed by atoms with van der Waals surface area (Å²) in [4.78, 5) is 29.8. The molecule has 2 amide bonds. The van der Waals surface area contributed by atoms with Gasteiger partial charge in [0.25, 0.3) is 5.91 Å². The lowest BCUT2D eigenvalue weighted by molar-refractivity contribution is -0.178. The smallest absolute Gasteiger partial charge is 0.417 e. The number of nitrogens with zero attached hydrogens (tertiary/aromatic N) is 1. The SMILES string of the molecule is CC1(C)OC(=O)N(C(=O)[C@H](OCc2ccccc2)[C@@H](O)[C@@H](OCc2ccccc2)[C@@H](COCc2ccccc2)O[Si](C)(C)C(C)(C)C)[C@@H]1Cc1ccccc1. The third-order valence-electron chi connectivity index (χ3n) is 10.6. The van der Waals surface area contributed by atoms with Crippen LogP contribution in [0.25, 0.3) is 0 Å². The van der Waals surface area contributed by atoms with Crippen molar-refractivity contribution in [3.05, 3.63) is 144 Å². The second-order valence-corrected chi connectivity index (χ2v) is 21.0. The Morgan fingerprint density at radius 1 is 0.764 bits per heavy atom. The summed E-state index contributed by atoms with van der Waals surface area (Å²) < 4.78 is 32.3. The minimum atomic E-state index is -2.54. The molecule has 55 heavy (non-hydrogen) atoms. The number of rotatable bonds is 18. The average Bonchev–Trinajstić information content (AvgIpc) is 3.38. The third-order valence-corrected chi connectivity index (χ3v) is 15.1. The molecular formula is C45H57NO8Si. The molecule has 1 fully saturated rings. The number of carbonyl (C=O) groups is 2. The van der Waals surface area contributed by atoms with E-state index in [4.69, 9.17) is 23.4 Å². The topological polar surface area (TPSA) is 104 Å². The molecule has 1 aliphatic rings. The zero-order chi connectivity index (χ0) is 39.6. The Morgan fingerprint density at radius 2 is 1.22 bits per heavy atom. The van der Waals surface area contributed by atoms with Gasteiger partial charge in [-0.15, -0.1) is 0 Å². The van der Waals surface area contributed by atoms with Gasteiger partial charge in [-0.3, -0.25) is 4.79 Å². The van der Waals surface area contributed by atoms with Crippen LogP contribution in [0.15, 0.2) is 121 Å². The molecule has 0 aromatic heterocycles. The van der Waals surface area contributed by atoms with Crippen molar-refractivity contribution >= 4 is 20.3 Å². The third kappa shape index (κ3) is 11.2. The number of ether oxygens (including phenoxy) is 4. The van der Waals surface area contributed by atoms with Crippen molar-refractivity contribution in [2.75, 3.05) is 6.61 Å². The first-order chi connectivity index (χ1) is 26.2. The van der Waals surface area contributed by atoms with Crippen LogP contribution in [0.4, 0.5) is 4.79 Å². The van der Waals surface area contributed by atoms with E-state index in [0.717, 1.165) is 27.2 Å². The van der Waals surface area contributed by atoms with Gasteiger partial charge in [-0.25, -0.2) is 9.69 Å². The van der Waals surface area contributed by atoms with Gasteiger partial charge in [-0.05, 0) is 60.7 Å². The van der Waals surface area contributed by atoms with Crippen molar-refractivity contribution in [1.82, 2.24) is 4.90 Å². The number of carbonyl (C=O) groups excluding carboxylic acids is 2. The van der Waals surface area contributed by atoms with Crippen molar-refractivity contribution in [3.8, 4) is 0 Å². The van der Waals surface area contributed by atoms with Crippen LogP contribution in [0.5, 0.6) is 0 Å². The van der Waals surface area contributed by atoms with Crippen molar-refractivity contribution in [1.29, 1.82) is 0 Å². The molecule has 10 heteroatoms. The lowest BCUT2D eigenvalue weighted by atomic mass is 9.91. The number of hydrogen-bond donors (Lipinski definition) is 1. The van der Waals surface area contributed by atoms with Crippen LogP contribution >= 0.6 is 0 Å². The van der Waals surface area contributed by atoms with E-state index in [-0.39, 0.29) is 24.9 Å². The molecule has 0 aliphatic carbocycles. The fourth-order valence-corrected chi connectivity index (χ4v) is 7.71. The molecule has 294 valence electrons. The molecule has 0 radical (unpaired) electrons. The number of amides is 2. The van der Waals surface area contributed by atoms with Crippen LogP contribution < -0.4 is 0 Å². The monoisotopic (exact) mass is 767 g/mol. The van der Waals surface area contributed by atoms with Crippen molar-refractivity contribution in [2.45, 2.75) is 115 Å². The second kappa shape index (κ2) is 18.6. The maximum Gasteiger partial charge on any atom is 0.417 e. The first-order valence-electron chi connectivity index (χ1n) is 19.0. The summed E-state index contributed by atoms with van der Waals surface area (Å²) in [6.45, 7) is 14.7. The molecule has 1 aliphatic heterocycles. The molecule has 4 aromatic carbocycles. The van der Waals surface area contributed by atoms with Crippen molar-refractivity contribution in [3.63, 3.8) is 0 Å². The lowest BCUT2D eigenvalue weighted by Gasteiger charge is -2.43. The summed E-state index contributed by atoms with van der Waals surface area (Å²) in [5, 5.41) is 12.5. The Hall–Kier alpha value is -4.16. The summed E-state index contributed by atoms with van der Waals surface area (Å²) in [6, 6.07) is 37.8. The van der Waals surface area contributed by atoms with Crippen LogP contribution in [0.1, 0.15) is 56.9 Å². The summed E-state index contributed by atoms with van der Waals surface area (Å²) in [7, 11) is -2.54. The Balaban J connectivity index is 1.55. The Labute approximate surface area is 327 Å². The highest BCUT2D eigenvalue weighted by atomic mass is 28.4. The van der Waals surface area contributed by atoms with Gasteiger partial charge in [0.05, 0.1) is 38.6 Å². The summed E-state index contributed by atoms with van der Waals surface area (Å²) in [5.74, 6) is -0.718. The van der Waals surface area contributed by atoms with Crippen molar-refractivity contribution in [2.24, 2.45) is 0 Å². The molecule has 1 N–H and O–H groups in total. The Morgan fingerprint density at radius 3 is 1.71 bits per heavy atom. The van der Waals surface area contributed by atoms with E-state index in [0.29, 0.717) is 13.0 Å². The lowest BCUT2D eigenvalue weighted by Crippen LogP contribution is -2.59. The first-order valence-corrected chi connectivity index (χ1v) is 22.0. The van der Waals surface area contributed by atoms with E-state index in [1.54, 1.807) is 13.8 Å². The van der Waals surface area contributed by atoms with Gasteiger partial charge >= 0.3 is 6.09 Å². The molecule has 0 saturated carbocycles. The number of aliphatic hydroxyl groups is 1. The number of imide groups is 1. The quantitative estimate of drug-likeness (QED) is 0.101. The molecule has 4 aromatic rings. The fraction of sp³-hybridized carbons (Fsp3) is 0.422. The molecule has 9 nitrogen and oxygen atoms in total. The van der Waals surface area contributed by atoms with E-state index >= 15 is 0 Å². The minimum absolute atomic E-state index is 0.00634. The van der Waals surface area contributed by atoms with Crippen LogP contribution in [0.2, 0.25) is 18.1 Å². The van der Waals surface area contributed by atoms with Gasteiger partial charge in [-0.1, -0.05) is 142 Å². The predicted molar refractivity (Wildman–Crippen MR) is 216 cm³/mol. The summed E-state index contributed by atoms with van der Waals surface area (Å²) in [6.07, 6.45) is -5.51. The van der Waals surface area contributed by atoms with Gasteiger partial charge < -0.3 is 28.5 Å². The van der Waals surface area contributed by atoms with Gasteiger partial charge in [0.1, 0.15) is 17.8 Å². The van der Waals surface area contributed by atoms with Crippen molar-refractivity contribution < 1.29 is 38.1 Å². The highest BCUT2D eigenvalue weighted by molar-refractivity contribution is 6.74. The van der Waals surface area contributed by atoms with Crippen LogP contribution in [0.3, 0.4) is 0 Å². The molecule has 5 atom stereocenters. The van der Waals surface area contributed by atoms with Crippen LogP contribution in [0, 0.1) is 0 Å². The highest BCUT2D eigenvalue weighted by Gasteiger charge is 2.54. The second-order valence-electron chi connectivity index (χ2n) is 16.3. The van der Waals surface area contributed by atoms with Crippen LogP contribution in [-0.4, -0.2) is 73.0 Å². The molecule has 0 unspecified atom stereocenters. The van der Waals surface area contributed by atoms with E-state index in [2.05, 4.69) is 33.9 Å². The standard InChI is InChI=1S/C45H57NO8Si/c1-44(2,3)55(6,7)54-37(32-50-29-34-22-14-9-15-23-34)40(51-30-35-24-16-10-17-25-35)39(47)41(52-31-36-26-18-11-19-27-36)42(48)46-38(45(4,5)53-43(46)49)28-33-20-12-8-13-21-33/h8-27,37-41,47H,28-32H2,1-7H3/t37-,38-,39+,40+,41-/m1/s1. The molecular weight excluding hydrogens is 711 g/mol. The van der Waals surface area contributed by atoms with Crippen LogP contribution in [-0.2, 0) is 54.4 Å². The molecule has 5 rings (SSSR count). The maximum absolute atomic E-state index is 15.0. The molecule has 0 bridgehead atoms. The summed E-state index contributed by atoms with van der Waals surface area (Å²) >= 11 is 0. The van der Waals surface area contributed by atoms with Gasteiger partial charge in [0, 0.05) is 0 Å². The zero-order valence-electron chi connectivity index (χ0n) is 33.2. The molecule has 0 spiro atoms.